The fourth-order valence-corrected chi connectivity index (χ4v) is 6.43. The first kappa shape index (κ1) is 19.8. The minimum Gasteiger partial charge on any atom is -0.492 e. The monoisotopic (exact) mass is 393 g/mol. The van der Waals surface area contributed by atoms with Crippen LogP contribution in [-0.4, -0.2) is 38.9 Å². The number of benzene rings is 1. The quantitative estimate of drug-likeness (QED) is 0.352. The minimum absolute atomic E-state index is 0.0564. The van der Waals surface area contributed by atoms with Gasteiger partial charge in [0.2, 0.25) is 10.0 Å². The molecule has 2 atom stereocenters. The Morgan fingerprint density at radius 2 is 2.15 bits per heavy atom. The van der Waals surface area contributed by atoms with Crippen LogP contribution in [0, 0.1) is 22.2 Å². The van der Waals surface area contributed by atoms with Crippen molar-refractivity contribution in [2.24, 2.45) is 22.5 Å². The average molecular weight is 394 g/mol. The lowest BCUT2D eigenvalue weighted by atomic mass is 9.70. The number of carbonyl (C=O) groups is 1. The molecular weight excluding hydrogens is 366 g/mol. The van der Waals surface area contributed by atoms with Gasteiger partial charge >= 0.3 is 0 Å². The Kier molecular flexibility index (Phi) is 5.07. The number of carbonyl (C=O) groups excluding carboxylic acids is 1. The molecule has 2 fully saturated rings. The average Bonchev–Trinajstić information content (AvgIpc) is 2.93. The number of rotatable bonds is 8. The fourth-order valence-electron chi connectivity index (χ4n) is 4.60. The van der Waals surface area contributed by atoms with Crippen LogP contribution in [0.15, 0.2) is 24.3 Å². The highest BCUT2D eigenvalue weighted by molar-refractivity contribution is 7.89. The van der Waals surface area contributed by atoms with Gasteiger partial charge in [0.15, 0.2) is 0 Å². The number of fused-ring (bicyclic) bond motifs is 2. The maximum Gasteiger partial charge on any atom is 0.212 e. The van der Waals surface area contributed by atoms with Crippen molar-refractivity contribution in [1.82, 2.24) is 4.72 Å². The van der Waals surface area contributed by atoms with E-state index in [1.165, 1.54) is 0 Å². The van der Waals surface area contributed by atoms with E-state index in [0.717, 1.165) is 6.42 Å². The van der Waals surface area contributed by atoms with E-state index in [9.17, 15) is 13.2 Å². The van der Waals surface area contributed by atoms with Crippen LogP contribution >= 0.6 is 0 Å². The molecule has 0 aliphatic heterocycles. The SMILES string of the molecule is CC1(C)C2CCC1(CS(=O)(=O)NCCOc1cccc(C(=N)N)c1)C(=O)C2. The molecule has 1 aromatic rings. The third-order valence-electron chi connectivity index (χ3n) is 6.41. The van der Waals surface area contributed by atoms with Gasteiger partial charge in [0.1, 0.15) is 24.0 Å². The lowest BCUT2D eigenvalue weighted by Crippen LogP contribution is -2.45. The van der Waals surface area contributed by atoms with Crippen molar-refractivity contribution < 1.29 is 17.9 Å². The van der Waals surface area contributed by atoms with Crippen molar-refractivity contribution in [1.29, 1.82) is 5.41 Å². The lowest BCUT2D eigenvalue weighted by Gasteiger charge is -2.36. The van der Waals surface area contributed by atoms with E-state index in [4.69, 9.17) is 15.9 Å². The molecule has 0 heterocycles. The molecule has 8 heteroatoms. The first-order valence-electron chi connectivity index (χ1n) is 9.15. The van der Waals surface area contributed by atoms with Crippen molar-refractivity contribution in [2.45, 2.75) is 33.1 Å². The number of amidine groups is 1. The second-order valence-corrected chi connectivity index (χ2v) is 9.92. The maximum absolute atomic E-state index is 12.6. The summed E-state index contributed by atoms with van der Waals surface area (Å²) in [5, 5.41) is 7.43. The zero-order valence-corrected chi connectivity index (χ0v) is 16.6. The normalized spacial score (nSPS) is 26.3. The smallest absolute Gasteiger partial charge is 0.212 e. The van der Waals surface area contributed by atoms with Crippen molar-refractivity contribution in [2.75, 3.05) is 18.9 Å². The zero-order chi connectivity index (χ0) is 19.9. The van der Waals surface area contributed by atoms with Gasteiger partial charge in [-0.2, -0.15) is 0 Å². The Hall–Kier alpha value is -1.93. The summed E-state index contributed by atoms with van der Waals surface area (Å²) in [6, 6.07) is 6.78. The van der Waals surface area contributed by atoms with Gasteiger partial charge < -0.3 is 10.5 Å². The maximum atomic E-state index is 12.6. The van der Waals surface area contributed by atoms with Crippen LogP contribution in [0.4, 0.5) is 0 Å². The van der Waals surface area contributed by atoms with Crippen molar-refractivity contribution in [3.05, 3.63) is 29.8 Å². The molecule has 1 aromatic carbocycles. The van der Waals surface area contributed by atoms with E-state index in [1.807, 2.05) is 13.8 Å². The Morgan fingerprint density at radius 1 is 1.41 bits per heavy atom. The van der Waals surface area contributed by atoms with Crippen LogP contribution in [0.2, 0.25) is 0 Å². The van der Waals surface area contributed by atoms with Gasteiger partial charge in [0.25, 0.3) is 0 Å². The molecule has 27 heavy (non-hydrogen) atoms. The molecule has 4 N–H and O–H groups in total. The fraction of sp³-hybridized carbons (Fsp3) is 0.579. The predicted octanol–water partition coefficient (Wildman–Crippen LogP) is 1.66. The third-order valence-corrected chi connectivity index (χ3v) is 7.93. The molecule has 2 unspecified atom stereocenters. The van der Waals surface area contributed by atoms with Gasteiger partial charge in [-0.1, -0.05) is 26.0 Å². The first-order chi connectivity index (χ1) is 12.6. The van der Waals surface area contributed by atoms with Crippen molar-refractivity contribution in [3.63, 3.8) is 0 Å². The van der Waals surface area contributed by atoms with E-state index >= 15 is 0 Å². The van der Waals surface area contributed by atoms with E-state index in [1.54, 1.807) is 24.3 Å². The first-order valence-corrected chi connectivity index (χ1v) is 10.8. The van der Waals surface area contributed by atoms with Gasteiger partial charge in [-0.25, -0.2) is 13.1 Å². The van der Waals surface area contributed by atoms with Crippen LogP contribution in [-0.2, 0) is 14.8 Å². The second-order valence-electron chi connectivity index (χ2n) is 8.11. The summed E-state index contributed by atoms with van der Waals surface area (Å²) >= 11 is 0. The second kappa shape index (κ2) is 6.91. The number of nitrogens with two attached hydrogens (primary N) is 1. The summed E-state index contributed by atoms with van der Waals surface area (Å²) in [6.45, 7) is 4.31. The molecule has 148 valence electrons. The van der Waals surface area contributed by atoms with Gasteiger partial charge in [0.05, 0.1) is 5.75 Å². The molecule has 7 nitrogen and oxygen atoms in total. The summed E-state index contributed by atoms with van der Waals surface area (Å²) in [5.41, 5.74) is 4.95. The van der Waals surface area contributed by atoms with Gasteiger partial charge in [0, 0.05) is 23.9 Å². The van der Waals surface area contributed by atoms with Crippen LogP contribution in [0.25, 0.3) is 0 Å². The Bertz CT molecular complexity index is 865. The number of ketones is 1. The lowest BCUT2D eigenvalue weighted by molar-refractivity contribution is -0.128. The molecule has 2 bridgehead atoms. The van der Waals surface area contributed by atoms with E-state index in [2.05, 4.69) is 4.72 Å². The largest absolute Gasteiger partial charge is 0.492 e. The van der Waals surface area contributed by atoms with Crippen molar-refractivity contribution in [3.8, 4) is 5.75 Å². The van der Waals surface area contributed by atoms with Crippen LogP contribution in [0.3, 0.4) is 0 Å². The molecule has 0 aromatic heterocycles. The molecule has 0 amide bonds. The van der Waals surface area contributed by atoms with E-state index in [-0.39, 0.29) is 41.9 Å². The summed E-state index contributed by atoms with van der Waals surface area (Å²) in [6.07, 6.45) is 2.07. The van der Waals surface area contributed by atoms with Crippen LogP contribution in [0.5, 0.6) is 5.75 Å². The summed E-state index contributed by atoms with van der Waals surface area (Å²) in [4.78, 5) is 12.5. The van der Waals surface area contributed by atoms with E-state index in [0.29, 0.717) is 24.2 Å². The summed E-state index contributed by atoms with van der Waals surface area (Å²) in [7, 11) is -3.59. The van der Waals surface area contributed by atoms with Gasteiger partial charge in [-0.05, 0) is 36.3 Å². The van der Waals surface area contributed by atoms with E-state index < -0.39 is 15.4 Å². The zero-order valence-electron chi connectivity index (χ0n) is 15.7. The molecule has 2 saturated carbocycles. The Balaban J connectivity index is 1.56. The molecule has 3 rings (SSSR count). The number of sulfonamides is 1. The molecule has 2 aliphatic rings. The minimum atomic E-state index is -3.59. The third kappa shape index (κ3) is 3.60. The van der Waals surface area contributed by atoms with Crippen molar-refractivity contribution >= 4 is 21.6 Å². The number of hydrogen-bond donors (Lipinski definition) is 3. The summed E-state index contributed by atoms with van der Waals surface area (Å²) < 4.78 is 33.3. The standard InChI is InChI=1S/C19H27N3O4S/c1-18(2)14-6-7-19(18,16(23)11-14)12-27(24,25)22-8-9-26-15-5-3-4-13(10-15)17(20)21/h3-5,10,14,22H,6-9,11-12H2,1-2H3,(H3,20,21). The van der Waals surface area contributed by atoms with Gasteiger partial charge in [-0.15, -0.1) is 0 Å². The van der Waals surface area contributed by atoms with Gasteiger partial charge in [-0.3, -0.25) is 10.2 Å². The Morgan fingerprint density at radius 3 is 2.74 bits per heavy atom. The molecule has 2 aliphatic carbocycles. The molecular formula is C19H27N3O4S. The highest BCUT2D eigenvalue weighted by atomic mass is 32.2. The summed E-state index contributed by atoms with van der Waals surface area (Å²) in [5.74, 6) is 0.691. The number of nitrogen functional groups attached to an aromatic ring is 1. The van der Waals surface area contributed by atoms with Crippen LogP contribution in [0.1, 0.15) is 38.7 Å². The predicted molar refractivity (Wildman–Crippen MR) is 103 cm³/mol. The molecule has 0 radical (unpaired) electrons. The number of nitrogens with one attached hydrogen (secondary N) is 2. The highest BCUT2D eigenvalue weighted by Crippen LogP contribution is 2.64. The number of hydrogen-bond acceptors (Lipinski definition) is 5. The molecule has 0 spiro atoms. The molecule has 0 saturated heterocycles. The topological polar surface area (TPSA) is 122 Å². The number of Topliss-reactive ketones (excluding diaryl/α,β-unsaturated/α-hetero) is 1. The van der Waals surface area contributed by atoms with Crippen LogP contribution < -0.4 is 15.2 Å². The highest BCUT2D eigenvalue weighted by Gasteiger charge is 2.65. The Labute approximate surface area is 160 Å². The number of ether oxygens (including phenoxy) is 1.